The molecule has 0 radical (unpaired) electrons. The SMILES string of the molecule is Cc1ccc(N2CC=CC=C2N2CCOCC2)cc1NC(=O)c1cccc(CN2CCN(C)CC2)c1. The number of nitrogens with one attached hydrogen (secondary N) is 1. The second kappa shape index (κ2) is 11.3. The van der Waals surface area contributed by atoms with Gasteiger partial charge in [-0.05, 0) is 55.4 Å². The lowest BCUT2D eigenvalue weighted by Crippen LogP contribution is -2.43. The zero-order chi connectivity index (χ0) is 24.9. The summed E-state index contributed by atoms with van der Waals surface area (Å²) >= 11 is 0. The van der Waals surface area contributed by atoms with Gasteiger partial charge in [0.15, 0.2) is 0 Å². The summed E-state index contributed by atoms with van der Waals surface area (Å²) in [6.45, 7) is 11.3. The maximum Gasteiger partial charge on any atom is 0.255 e. The Labute approximate surface area is 214 Å². The zero-order valence-corrected chi connectivity index (χ0v) is 21.4. The van der Waals surface area contributed by atoms with E-state index in [2.05, 4.69) is 74.5 Å². The summed E-state index contributed by atoms with van der Waals surface area (Å²) in [5.41, 5.74) is 4.84. The highest BCUT2D eigenvalue weighted by molar-refractivity contribution is 6.05. The first-order chi connectivity index (χ1) is 17.6. The van der Waals surface area contributed by atoms with E-state index in [1.54, 1.807) is 0 Å². The number of ether oxygens (including phenoxy) is 1. The molecule has 0 aromatic heterocycles. The van der Waals surface area contributed by atoms with Crippen LogP contribution < -0.4 is 10.2 Å². The normalized spacial score (nSPS) is 19.3. The van der Waals surface area contributed by atoms with Crippen LogP contribution in [0.5, 0.6) is 0 Å². The van der Waals surface area contributed by atoms with Gasteiger partial charge in [0, 0.05) is 69.3 Å². The second-order valence-corrected chi connectivity index (χ2v) is 9.90. The summed E-state index contributed by atoms with van der Waals surface area (Å²) in [7, 11) is 2.17. The number of hydrogen-bond acceptors (Lipinski definition) is 6. The Hall–Kier alpha value is -3.13. The van der Waals surface area contributed by atoms with Gasteiger partial charge in [-0.1, -0.05) is 30.4 Å². The molecule has 1 amide bonds. The Balaban J connectivity index is 1.29. The number of allylic oxidation sites excluding steroid dienone is 2. The van der Waals surface area contributed by atoms with Gasteiger partial charge >= 0.3 is 0 Å². The molecule has 0 atom stereocenters. The molecular weight excluding hydrogens is 450 g/mol. The number of anilines is 2. The van der Waals surface area contributed by atoms with Crippen molar-refractivity contribution in [2.75, 3.05) is 76.3 Å². The van der Waals surface area contributed by atoms with Crippen LogP contribution in [0.1, 0.15) is 21.5 Å². The van der Waals surface area contributed by atoms with Gasteiger partial charge in [-0.15, -0.1) is 0 Å². The lowest BCUT2D eigenvalue weighted by molar-refractivity contribution is 0.0524. The monoisotopic (exact) mass is 487 g/mol. The number of carbonyl (C=O) groups excluding carboxylic acids is 1. The molecule has 190 valence electrons. The molecule has 3 aliphatic heterocycles. The van der Waals surface area contributed by atoms with Crippen LogP contribution in [0.25, 0.3) is 0 Å². The Kier molecular flexibility index (Phi) is 7.70. The topological polar surface area (TPSA) is 51.3 Å². The number of aryl methyl sites for hydroxylation is 1. The van der Waals surface area contributed by atoms with Crippen LogP contribution >= 0.6 is 0 Å². The number of morpholine rings is 1. The number of rotatable bonds is 6. The van der Waals surface area contributed by atoms with E-state index in [0.29, 0.717) is 5.56 Å². The van der Waals surface area contributed by atoms with Crippen molar-refractivity contribution in [1.82, 2.24) is 14.7 Å². The molecule has 0 aliphatic carbocycles. The number of benzene rings is 2. The highest BCUT2D eigenvalue weighted by Gasteiger charge is 2.22. The van der Waals surface area contributed by atoms with Crippen LogP contribution in [0.4, 0.5) is 11.4 Å². The summed E-state index contributed by atoms with van der Waals surface area (Å²) in [4.78, 5) is 22.8. The maximum absolute atomic E-state index is 13.3. The lowest BCUT2D eigenvalue weighted by Gasteiger charge is -2.38. The molecule has 1 N–H and O–H groups in total. The summed E-state index contributed by atoms with van der Waals surface area (Å²) in [6, 6.07) is 14.3. The van der Waals surface area contributed by atoms with Gasteiger partial charge in [-0.25, -0.2) is 0 Å². The molecule has 2 fully saturated rings. The predicted octanol–water partition coefficient (Wildman–Crippen LogP) is 3.54. The van der Waals surface area contributed by atoms with E-state index in [-0.39, 0.29) is 5.91 Å². The predicted molar refractivity (Wildman–Crippen MR) is 145 cm³/mol. The van der Waals surface area contributed by atoms with Crippen LogP contribution in [0, 0.1) is 6.92 Å². The average Bonchev–Trinajstić information content (AvgIpc) is 2.92. The molecule has 3 heterocycles. The Bertz CT molecular complexity index is 1130. The second-order valence-electron chi connectivity index (χ2n) is 9.90. The first-order valence-electron chi connectivity index (χ1n) is 13.0. The number of amides is 1. The Morgan fingerprint density at radius 2 is 1.81 bits per heavy atom. The quantitative estimate of drug-likeness (QED) is 0.673. The van der Waals surface area contributed by atoms with Crippen LogP contribution in [0.15, 0.2) is 66.5 Å². The number of hydrogen-bond donors (Lipinski definition) is 1. The van der Waals surface area contributed by atoms with Crippen molar-refractivity contribution >= 4 is 17.3 Å². The minimum absolute atomic E-state index is 0.0713. The van der Waals surface area contributed by atoms with Crippen molar-refractivity contribution in [2.24, 2.45) is 0 Å². The molecule has 0 unspecified atom stereocenters. The summed E-state index contributed by atoms with van der Waals surface area (Å²) in [5, 5.41) is 3.18. The van der Waals surface area contributed by atoms with Crippen LogP contribution in [0.3, 0.4) is 0 Å². The molecule has 0 bridgehead atoms. The zero-order valence-electron chi connectivity index (χ0n) is 21.4. The third-order valence-electron chi connectivity index (χ3n) is 7.25. The van der Waals surface area contributed by atoms with Crippen LogP contribution in [-0.2, 0) is 11.3 Å². The Morgan fingerprint density at radius 3 is 2.61 bits per heavy atom. The fourth-order valence-corrected chi connectivity index (χ4v) is 4.99. The van der Waals surface area contributed by atoms with Crippen molar-refractivity contribution in [3.8, 4) is 0 Å². The summed E-state index contributed by atoms with van der Waals surface area (Å²) in [5.74, 6) is 1.11. The van der Waals surface area contributed by atoms with Crippen LogP contribution in [0.2, 0.25) is 0 Å². The van der Waals surface area contributed by atoms with Gasteiger partial charge in [0.1, 0.15) is 5.82 Å². The minimum atomic E-state index is -0.0713. The summed E-state index contributed by atoms with van der Waals surface area (Å²) < 4.78 is 5.55. The smallest absolute Gasteiger partial charge is 0.255 e. The fraction of sp³-hybridized carbons (Fsp3) is 0.414. The van der Waals surface area contributed by atoms with E-state index in [1.807, 2.05) is 25.1 Å². The van der Waals surface area contributed by atoms with Gasteiger partial charge in [0.2, 0.25) is 0 Å². The molecule has 7 nitrogen and oxygen atoms in total. The van der Waals surface area contributed by atoms with Crippen molar-refractivity contribution in [3.05, 3.63) is 83.2 Å². The minimum Gasteiger partial charge on any atom is -0.378 e. The molecular formula is C29H37N5O2. The first kappa shape index (κ1) is 24.6. The average molecular weight is 488 g/mol. The van der Waals surface area contributed by atoms with Gasteiger partial charge in [0.25, 0.3) is 5.91 Å². The van der Waals surface area contributed by atoms with Crippen molar-refractivity contribution < 1.29 is 9.53 Å². The van der Waals surface area contributed by atoms with E-state index in [1.165, 1.54) is 11.4 Å². The highest BCUT2D eigenvalue weighted by atomic mass is 16.5. The molecule has 2 aromatic carbocycles. The van der Waals surface area contributed by atoms with E-state index >= 15 is 0 Å². The van der Waals surface area contributed by atoms with Gasteiger partial charge < -0.3 is 24.8 Å². The Morgan fingerprint density at radius 1 is 1.00 bits per heavy atom. The van der Waals surface area contributed by atoms with Crippen molar-refractivity contribution in [2.45, 2.75) is 13.5 Å². The molecule has 2 saturated heterocycles. The first-order valence-corrected chi connectivity index (χ1v) is 13.0. The van der Waals surface area contributed by atoms with E-state index < -0.39 is 0 Å². The van der Waals surface area contributed by atoms with E-state index in [0.717, 1.165) is 82.5 Å². The van der Waals surface area contributed by atoms with Crippen molar-refractivity contribution in [1.29, 1.82) is 0 Å². The molecule has 7 heteroatoms. The van der Waals surface area contributed by atoms with E-state index in [4.69, 9.17) is 4.74 Å². The fourth-order valence-electron chi connectivity index (χ4n) is 4.99. The molecule has 3 aliphatic rings. The van der Waals surface area contributed by atoms with E-state index in [9.17, 15) is 4.79 Å². The largest absolute Gasteiger partial charge is 0.378 e. The highest BCUT2D eigenvalue weighted by Crippen LogP contribution is 2.29. The molecule has 0 saturated carbocycles. The number of nitrogens with zero attached hydrogens (tertiary/aromatic N) is 4. The standard InChI is InChI=1S/C29H37N5O2/c1-23-9-10-26(34-11-4-3-8-28(34)33-16-18-36-19-17-33)21-27(23)30-29(35)25-7-5-6-24(20-25)22-32-14-12-31(2)13-15-32/h3-10,20-21H,11-19,22H2,1-2H3,(H,30,35). The van der Waals surface area contributed by atoms with Gasteiger partial charge in [-0.2, -0.15) is 0 Å². The van der Waals surface area contributed by atoms with Gasteiger partial charge in [0.05, 0.1) is 13.2 Å². The maximum atomic E-state index is 13.3. The molecule has 2 aromatic rings. The number of likely N-dealkylation sites (N-methyl/N-ethyl adjacent to an activating group) is 1. The van der Waals surface area contributed by atoms with Gasteiger partial charge in [-0.3, -0.25) is 9.69 Å². The molecule has 0 spiro atoms. The molecule has 5 rings (SSSR count). The lowest BCUT2D eigenvalue weighted by atomic mass is 10.1. The number of carbonyl (C=O) groups is 1. The third-order valence-corrected chi connectivity index (χ3v) is 7.25. The van der Waals surface area contributed by atoms with Crippen LogP contribution in [-0.4, -0.2) is 86.7 Å². The molecule has 36 heavy (non-hydrogen) atoms. The number of piperazine rings is 1. The third kappa shape index (κ3) is 5.81. The van der Waals surface area contributed by atoms with Crippen molar-refractivity contribution in [3.63, 3.8) is 0 Å². The summed E-state index contributed by atoms with van der Waals surface area (Å²) in [6.07, 6.45) is 6.44.